The van der Waals surface area contributed by atoms with Gasteiger partial charge in [0.15, 0.2) is 0 Å². The van der Waals surface area contributed by atoms with Crippen molar-refractivity contribution >= 4 is 0 Å². The molecule has 0 spiro atoms. The molecule has 0 radical (unpaired) electrons. The molecule has 1 fully saturated rings. The van der Waals surface area contributed by atoms with Gasteiger partial charge in [-0.3, -0.25) is 0 Å². The van der Waals surface area contributed by atoms with Crippen LogP contribution < -0.4 is 34.5 Å². The minimum absolute atomic E-state index is 0.680. The van der Waals surface area contributed by atoms with Crippen molar-refractivity contribution in [1.29, 1.82) is 0 Å². The summed E-state index contributed by atoms with van der Waals surface area (Å²) in [6.07, 6.45) is 6.21. The summed E-state index contributed by atoms with van der Waals surface area (Å²) in [4.78, 5) is 2.46. The van der Waals surface area contributed by atoms with Gasteiger partial charge >= 0.3 is 81.8 Å². The molecule has 2 heteroatoms. The van der Waals surface area contributed by atoms with E-state index in [2.05, 4.69) is 11.9 Å². The van der Waals surface area contributed by atoms with Crippen LogP contribution in [0, 0.1) is 5.92 Å². The van der Waals surface area contributed by atoms with E-state index in [-0.39, 0.29) is 0 Å². The Morgan fingerprint density at radius 1 is 1.50 bits per heavy atom. The number of rotatable bonds is 3. The van der Waals surface area contributed by atoms with Crippen molar-refractivity contribution in [3.8, 4) is 0 Å². The Morgan fingerprint density at radius 3 is 2.80 bits per heavy atom. The van der Waals surface area contributed by atoms with E-state index in [9.17, 15) is 0 Å². The Morgan fingerprint density at radius 2 is 2.30 bits per heavy atom. The summed E-state index contributed by atoms with van der Waals surface area (Å²) < 4.78 is 1.25. The number of halogens is 2. The third kappa shape index (κ3) is 2.83. The van der Waals surface area contributed by atoms with Gasteiger partial charge in [-0.05, 0) is 0 Å². The average Bonchev–Trinajstić information content (AvgIpc) is 2.37. The van der Waals surface area contributed by atoms with E-state index in [1.165, 1.54) is 10.3 Å². The predicted molar refractivity (Wildman–Crippen MR) is 37.3 cm³/mol. The minimum atomic E-state index is 0.680. The number of alkyl halides is 2. The summed E-state index contributed by atoms with van der Waals surface area (Å²) in [6.45, 7) is 2.35. The fraction of sp³-hybridized carbons (Fsp3) is 1.00. The predicted octanol–water partition coefficient (Wildman–Crippen LogP) is -3.71. The van der Waals surface area contributed by atoms with Crippen LogP contribution in [-0.2, 0) is 0 Å². The van der Waals surface area contributed by atoms with Gasteiger partial charge < -0.3 is 0 Å². The van der Waals surface area contributed by atoms with Crippen LogP contribution in [0.2, 0.25) is 0 Å². The van der Waals surface area contributed by atoms with Crippen LogP contribution in [0.4, 0.5) is 0 Å². The van der Waals surface area contributed by atoms with Crippen LogP contribution in [0.5, 0.6) is 0 Å². The van der Waals surface area contributed by atoms with Gasteiger partial charge in [-0.2, -0.15) is 0 Å². The summed E-state index contributed by atoms with van der Waals surface area (Å²) >= 11 is 1.38. The Balaban J connectivity index is 2.15. The fourth-order valence-corrected chi connectivity index (χ4v) is 11.1. The van der Waals surface area contributed by atoms with Crippen LogP contribution in [0.3, 0.4) is 0 Å². The molecule has 0 nitrogen and oxygen atoms in total. The summed E-state index contributed by atoms with van der Waals surface area (Å²) in [5, 5.41) is 0. The van der Waals surface area contributed by atoms with Crippen molar-refractivity contribution in [2.45, 2.75) is 36.5 Å². The average molecular weight is 366 g/mol. The normalized spacial score (nSPS) is 33.4. The molecule has 0 bridgehead atoms. The van der Waals surface area contributed by atoms with Crippen LogP contribution in [0.25, 0.3) is 0 Å². The van der Waals surface area contributed by atoms with Crippen LogP contribution in [0.1, 0.15) is 32.6 Å². The quantitative estimate of drug-likeness (QED) is 0.356. The molecule has 1 aliphatic carbocycles. The maximum absolute atomic E-state index is 2.46. The molecular weight excluding hydrogens is 350 g/mol. The van der Waals surface area contributed by atoms with E-state index < -0.39 is 0 Å². The Hall–Kier alpha value is 1.46. The molecule has 10 heavy (non-hydrogen) atoms. The zero-order valence-electron chi connectivity index (χ0n) is 6.74. The molecule has 1 rings (SSSR count). The van der Waals surface area contributed by atoms with E-state index >= 15 is 0 Å². The summed E-state index contributed by atoms with van der Waals surface area (Å²) in [5.74, 6) is 1.13. The maximum atomic E-state index is 2.46. The molecule has 0 aromatic carbocycles. The zero-order valence-corrected chi connectivity index (χ0v) is 11.1. The Kier molecular flexibility index (Phi) is 4.93. The van der Waals surface area contributed by atoms with Crippen molar-refractivity contribution in [3.05, 3.63) is 0 Å². The first-order valence-corrected chi connectivity index (χ1v) is 13.7. The third-order valence-corrected chi connectivity index (χ3v) is 12.1. The van der Waals surface area contributed by atoms with Gasteiger partial charge in [0, 0.05) is 0 Å². The van der Waals surface area contributed by atoms with E-state index in [4.69, 9.17) is 0 Å². The van der Waals surface area contributed by atoms with Crippen LogP contribution in [-0.4, -0.2) is 8.86 Å². The second kappa shape index (κ2) is 5.17. The van der Waals surface area contributed by atoms with Gasteiger partial charge in [0.2, 0.25) is 0 Å². The van der Waals surface area contributed by atoms with Gasteiger partial charge in [-0.1, -0.05) is 0 Å². The first kappa shape index (κ1) is 9.55. The topological polar surface area (TPSA) is 0 Å². The molecule has 0 aromatic rings. The van der Waals surface area contributed by atoms with Crippen molar-refractivity contribution in [2.75, 3.05) is 4.93 Å². The first-order valence-electron chi connectivity index (χ1n) is 3.99. The molecule has 0 aromatic heterocycles. The summed E-state index contributed by atoms with van der Waals surface area (Å²) in [5.41, 5.74) is 0. The first-order chi connectivity index (χ1) is 4.86. The van der Waals surface area contributed by atoms with Crippen molar-refractivity contribution < 1.29 is 34.5 Å². The van der Waals surface area contributed by atoms with Gasteiger partial charge in [-0.25, -0.2) is 0 Å². The molecule has 0 N–H and O–H groups in total. The SMILES string of the molecule is CCC1CC[C@@H]([I+][I-]C)C1. The summed E-state index contributed by atoms with van der Waals surface area (Å²) in [6, 6.07) is 0. The van der Waals surface area contributed by atoms with E-state index in [0.717, 1.165) is 5.92 Å². The number of hydrogen-bond acceptors (Lipinski definition) is 0. The molecule has 62 valence electrons. The molecule has 0 heterocycles. The second-order valence-electron chi connectivity index (χ2n) is 2.91. The molecule has 1 saturated carbocycles. The zero-order chi connectivity index (χ0) is 7.40. The standard InChI is InChI=1S/C8H16I2/c1-3-7-4-5-8(6-7)10-9-2/h7-8H,3-6H2,1-2H3/t7?,8-/m1/s1. The van der Waals surface area contributed by atoms with Gasteiger partial charge in [0.05, 0.1) is 0 Å². The Labute approximate surface area is 81.1 Å². The second-order valence-corrected chi connectivity index (χ2v) is 14.6. The molecule has 0 aliphatic heterocycles. The van der Waals surface area contributed by atoms with Crippen molar-refractivity contribution in [1.82, 2.24) is 0 Å². The van der Waals surface area contributed by atoms with E-state index in [1.54, 1.807) is 19.3 Å². The number of hydrogen-bond donors (Lipinski definition) is 0. The molecular formula is C8H16I2. The van der Waals surface area contributed by atoms with E-state index in [0.29, 0.717) is 34.5 Å². The van der Waals surface area contributed by atoms with Gasteiger partial charge in [0.1, 0.15) is 0 Å². The van der Waals surface area contributed by atoms with Crippen LogP contribution in [0.15, 0.2) is 0 Å². The van der Waals surface area contributed by atoms with Gasteiger partial charge in [-0.15, -0.1) is 0 Å². The molecule has 0 amide bonds. The van der Waals surface area contributed by atoms with Crippen molar-refractivity contribution in [3.63, 3.8) is 0 Å². The molecule has 0 saturated heterocycles. The van der Waals surface area contributed by atoms with Gasteiger partial charge in [0.25, 0.3) is 0 Å². The van der Waals surface area contributed by atoms with E-state index in [1.807, 2.05) is 0 Å². The molecule has 1 unspecified atom stereocenters. The fourth-order valence-electron chi connectivity index (χ4n) is 1.58. The third-order valence-electron chi connectivity index (χ3n) is 2.25. The monoisotopic (exact) mass is 366 g/mol. The summed E-state index contributed by atoms with van der Waals surface area (Å²) in [7, 11) is 0. The van der Waals surface area contributed by atoms with Crippen LogP contribution >= 0.6 is 0 Å². The van der Waals surface area contributed by atoms with Crippen molar-refractivity contribution in [2.24, 2.45) is 5.92 Å². The molecule has 2 atom stereocenters. The molecule has 1 aliphatic rings. The Bertz CT molecular complexity index is 93.3.